The first-order chi connectivity index (χ1) is 26.8. The number of hydrogen-bond donors (Lipinski definition) is 6. The molecule has 18 heteroatoms. The van der Waals surface area contributed by atoms with Crippen molar-refractivity contribution in [3.05, 3.63) is 95.6 Å². The minimum absolute atomic E-state index is 0.00734. The summed E-state index contributed by atoms with van der Waals surface area (Å²) in [5, 5.41) is 45.6. The van der Waals surface area contributed by atoms with Crippen LogP contribution in [0.4, 0.5) is 26.2 Å². The summed E-state index contributed by atoms with van der Waals surface area (Å²) < 4.78 is 53.8. The maximum atomic E-state index is 15.7. The fraction of sp³-hybridized carbons (Fsp3) is 0.289. The molecule has 1 unspecified atom stereocenters. The van der Waals surface area contributed by atoms with E-state index < -0.39 is 22.5 Å². The molecular weight excluding hydrogens is 745 g/mol. The number of rotatable bonds is 12. The predicted molar refractivity (Wildman–Crippen MR) is 208 cm³/mol. The second-order valence-corrected chi connectivity index (χ2v) is 15.1. The van der Waals surface area contributed by atoms with Crippen LogP contribution in [0.1, 0.15) is 49.4 Å². The van der Waals surface area contributed by atoms with Crippen molar-refractivity contribution in [2.45, 2.75) is 54.4 Å². The number of nitrogens with two attached hydrogens (primary N) is 1. The van der Waals surface area contributed by atoms with Crippen molar-refractivity contribution in [2.24, 2.45) is 12.8 Å². The van der Waals surface area contributed by atoms with Gasteiger partial charge >= 0.3 is 0 Å². The number of ether oxygens (including phenoxy) is 1. The van der Waals surface area contributed by atoms with Crippen LogP contribution in [0.5, 0.6) is 5.75 Å². The first-order valence-electron chi connectivity index (χ1n) is 17.8. The Morgan fingerprint density at radius 3 is 2.54 bits per heavy atom. The number of benzene rings is 3. The van der Waals surface area contributed by atoms with Crippen molar-refractivity contribution in [2.75, 3.05) is 30.8 Å². The van der Waals surface area contributed by atoms with Crippen molar-refractivity contribution in [1.82, 2.24) is 34.3 Å². The fourth-order valence-electron chi connectivity index (χ4n) is 6.95. The number of halogens is 2. The minimum Gasteiger partial charge on any atom is -0.485 e. The van der Waals surface area contributed by atoms with E-state index in [0.29, 0.717) is 46.4 Å². The van der Waals surface area contributed by atoms with Crippen molar-refractivity contribution >= 4 is 56.6 Å². The zero-order chi connectivity index (χ0) is 39.9. The minimum atomic E-state index is -2.41. The van der Waals surface area contributed by atoms with Gasteiger partial charge in [0.1, 0.15) is 23.4 Å². The lowest BCUT2D eigenvalue weighted by Gasteiger charge is -2.40. The van der Waals surface area contributed by atoms with Gasteiger partial charge < -0.3 is 36.7 Å². The number of nitrogens with one attached hydrogen (secondary N) is 3. The molecule has 0 spiro atoms. The molecular formula is C38H41F2N11O4S. The molecule has 1 saturated heterocycles. The van der Waals surface area contributed by atoms with Crippen molar-refractivity contribution in [3.8, 4) is 5.75 Å². The van der Waals surface area contributed by atoms with Crippen LogP contribution in [0.15, 0.2) is 76.9 Å². The highest BCUT2D eigenvalue weighted by atomic mass is 32.2. The fourth-order valence-corrected chi connectivity index (χ4v) is 8.06. The third-order valence-electron chi connectivity index (χ3n) is 9.73. The predicted octanol–water partition coefficient (Wildman–Crippen LogP) is 4.95. The summed E-state index contributed by atoms with van der Waals surface area (Å²) in [4.78, 5) is 10.7. The summed E-state index contributed by atoms with van der Waals surface area (Å²) >= 11 is 0. The molecule has 15 nitrogen and oxygen atoms in total. The molecule has 7 rings (SSSR count). The molecule has 3 aromatic carbocycles. The van der Waals surface area contributed by atoms with Crippen LogP contribution in [0.2, 0.25) is 0 Å². The van der Waals surface area contributed by atoms with E-state index in [2.05, 4.69) is 30.8 Å². The SMILES string of the molecule is CNc1nn(C)c2c(F)c(C3CCN(C(O)(O)c4cccc(S(=O)c5ccc(Nc6nc7c(OC(C)C)c(/C(C=N)=C/N)ncn7n6)c(F)c5)c4)CC3)ccc12. The number of aliphatic hydroxyl groups is 2. The van der Waals surface area contributed by atoms with Gasteiger partial charge in [-0.15, -0.1) is 5.10 Å². The molecule has 1 aliphatic rings. The molecule has 0 aliphatic carbocycles. The number of hydrogen-bond acceptors (Lipinski definition) is 13. The quantitative estimate of drug-likeness (QED) is 0.0721. The van der Waals surface area contributed by atoms with Gasteiger partial charge in [0.15, 0.2) is 17.4 Å². The Hall–Kier alpha value is -5.82. The normalized spacial score (nSPS) is 15.1. The third kappa shape index (κ3) is 7.07. The monoisotopic (exact) mass is 785 g/mol. The second-order valence-electron chi connectivity index (χ2n) is 13.6. The number of piperidine rings is 1. The number of fused-ring (bicyclic) bond motifs is 2. The molecule has 6 aromatic rings. The molecule has 7 N–H and O–H groups in total. The molecule has 0 radical (unpaired) electrons. The third-order valence-corrected chi connectivity index (χ3v) is 11.1. The van der Waals surface area contributed by atoms with Crippen molar-refractivity contribution in [3.63, 3.8) is 0 Å². The average Bonchev–Trinajstić information content (AvgIpc) is 3.76. The molecule has 0 saturated carbocycles. The van der Waals surface area contributed by atoms with E-state index in [4.69, 9.17) is 15.9 Å². The van der Waals surface area contributed by atoms with Gasteiger partial charge in [0, 0.05) is 65.9 Å². The molecule has 3 aromatic heterocycles. The van der Waals surface area contributed by atoms with Crippen LogP contribution in [-0.4, -0.2) is 81.1 Å². The van der Waals surface area contributed by atoms with Gasteiger partial charge in [0.05, 0.1) is 22.6 Å². The Labute approximate surface area is 322 Å². The lowest BCUT2D eigenvalue weighted by Crippen LogP contribution is -2.49. The summed E-state index contributed by atoms with van der Waals surface area (Å²) in [6.45, 7) is 4.16. The Balaban J connectivity index is 1.06. The van der Waals surface area contributed by atoms with Gasteiger partial charge in [-0.3, -0.25) is 4.68 Å². The van der Waals surface area contributed by atoms with E-state index in [-0.39, 0.29) is 69.3 Å². The summed E-state index contributed by atoms with van der Waals surface area (Å²) in [6, 6.07) is 13.7. The van der Waals surface area contributed by atoms with Crippen molar-refractivity contribution in [1.29, 1.82) is 5.41 Å². The molecule has 0 amide bonds. The topological polar surface area (TPSA) is 205 Å². The average molecular weight is 786 g/mol. The van der Waals surface area contributed by atoms with Crippen LogP contribution >= 0.6 is 0 Å². The van der Waals surface area contributed by atoms with Gasteiger partial charge in [0.2, 0.25) is 11.6 Å². The molecule has 1 atom stereocenters. The van der Waals surface area contributed by atoms with Gasteiger partial charge in [0.25, 0.3) is 5.91 Å². The zero-order valence-electron chi connectivity index (χ0n) is 31.0. The Kier molecular flexibility index (Phi) is 10.6. The Morgan fingerprint density at radius 1 is 1.11 bits per heavy atom. The van der Waals surface area contributed by atoms with Gasteiger partial charge in [-0.2, -0.15) is 14.6 Å². The molecule has 1 aliphatic heterocycles. The summed E-state index contributed by atoms with van der Waals surface area (Å²) in [5.41, 5.74) is 7.62. The van der Waals surface area contributed by atoms with Crippen LogP contribution in [0, 0.1) is 17.0 Å². The van der Waals surface area contributed by atoms with Gasteiger partial charge in [-0.25, -0.2) is 22.9 Å². The van der Waals surface area contributed by atoms with Crippen LogP contribution in [0.3, 0.4) is 0 Å². The molecule has 1 fully saturated rings. The number of aryl methyl sites for hydroxylation is 1. The molecule has 0 bridgehead atoms. The van der Waals surface area contributed by atoms with Gasteiger partial charge in [-0.05, 0) is 74.6 Å². The number of allylic oxidation sites excluding steroid dienone is 1. The van der Waals surface area contributed by atoms with E-state index in [1.807, 2.05) is 19.9 Å². The number of nitrogens with zero attached hydrogens (tertiary/aromatic N) is 7. The molecule has 292 valence electrons. The lowest BCUT2D eigenvalue weighted by molar-refractivity contribution is -0.279. The lowest BCUT2D eigenvalue weighted by atomic mass is 9.88. The van der Waals surface area contributed by atoms with E-state index in [1.54, 1.807) is 32.3 Å². The highest BCUT2D eigenvalue weighted by Gasteiger charge is 2.38. The highest BCUT2D eigenvalue weighted by molar-refractivity contribution is 7.85. The number of anilines is 3. The maximum absolute atomic E-state index is 15.7. The van der Waals surface area contributed by atoms with Crippen molar-refractivity contribution < 1.29 is 27.9 Å². The standard InChI is InChI=1S/C38H41F2N11O4S/c1-21(2)55-34-32(23(18-41)19-42)44-20-51-36(34)46-37(48-51)45-30-11-8-26(17-29(30)39)56(54)25-7-5-6-24(16-25)38(52,53)50-14-12-22(13-15-50)27-9-10-28-33(31(27)40)49(4)47-35(28)43-3/h5-11,16-22,41,52-53H,12-15,42H2,1-4H3,(H,43,47)(H,45,48)/b23-19+,41-18?. The van der Waals surface area contributed by atoms with E-state index in [0.717, 1.165) is 12.3 Å². The largest absolute Gasteiger partial charge is 0.485 e. The van der Waals surface area contributed by atoms with E-state index in [1.165, 1.54) is 50.9 Å². The summed E-state index contributed by atoms with van der Waals surface area (Å²) in [7, 11) is 1.54. The first-order valence-corrected chi connectivity index (χ1v) is 19.0. The van der Waals surface area contributed by atoms with Gasteiger partial charge in [-0.1, -0.05) is 18.2 Å². The Morgan fingerprint density at radius 2 is 1.86 bits per heavy atom. The Bertz CT molecular complexity index is 2510. The number of likely N-dealkylation sites (tertiary alicyclic amines) is 1. The molecule has 56 heavy (non-hydrogen) atoms. The van der Waals surface area contributed by atoms with Crippen LogP contribution in [-0.2, 0) is 23.8 Å². The summed E-state index contributed by atoms with van der Waals surface area (Å²) in [5.74, 6) is -2.76. The zero-order valence-corrected chi connectivity index (χ0v) is 31.8. The molecule has 4 heterocycles. The highest BCUT2D eigenvalue weighted by Crippen LogP contribution is 2.38. The van der Waals surface area contributed by atoms with E-state index in [9.17, 15) is 14.4 Å². The number of aromatic nitrogens is 6. The maximum Gasteiger partial charge on any atom is 0.253 e. The van der Waals surface area contributed by atoms with Crippen LogP contribution < -0.4 is 21.1 Å². The smallest absolute Gasteiger partial charge is 0.253 e. The summed E-state index contributed by atoms with van der Waals surface area (Å²) in [6.07, 6.45) is 4.33. The van der Waals surface area contributed by atoms with Crippen LogP contribution in [0.25, 0.3) is 22.1 Å². The van der Waals surface area contributed by atoms with E-state index >= 15 is 8.78 Å². The first kappa shape index (κ1) is 38.5. The second kappa shape index (κ2) is 15.4.